The molecule has 0 aromatic heterocycles. The highest BCUT2D eigenvalue weighted by atomic mass is 16.2. The van der Waals surface area contributed by atoms with Crippen LogP contribution in [0.15, 0.2) is 0 Å². The average molecular weight is 295 g/mol. The monoisotopic (exact) mass is 295 g/mol. The number of carbonyl (C=O) groups is 1. The molecule has 0 bridgehead atoms. The van der Waals surface area contributed by atoms with Crippen molar-refractivity contribution >= 4 is 5.91 Å². The van der Waals surface area contributed by atoms with Gasteiger partial charge in [-0.1, -0.05) is 40.0 Å². The first-order chi connectivity index (χ1) is 10.1. The molecule has 0 aromatic rings. The van der Waals surface area contributed by atoms with E-state index in [1.54, 1.807) is 0 Å². The fourth-order valence-electron chi connectivity index (χ4n) is 3.65. The molecule has 1 amide bonds. The summed E-state index contributed by atoms with van der Waals surface area (Å²) in [6.45, 7) is 9.42. The summed E-state index contributed by atoms with van der Waals surface area (Å²) in [6.07, 6.45) is 6.55. The Balaban J connectivity index is 2.05. The summed E-state index contributed by atoms with van der Waals surface area (Å²) >= 11 is 0. The lowest BCUT2D eigenvalue weighted by molar-refractivity contribution is -0.131. The molecule has 21 heavy (non-hydrogen) atoms. The molecule has 1 heterocycles. The molecule has 4 heteroatoms. The predicted molar refractivity (Wildman–Crippen MR) is 87.0 cm³/mol. The van der Waals surface area contributed by atoms with E-state index < -0.39 is 0 Å². The maximum absolute atomic E-state index is 12.8. The molecule has 2 rings (SSSR count). The molecule has 0 spiro atoms. The van der Waals surface area contributed by atoms with Crippen molar-refractivity contribution in [3.8, 4) is 0 Å². The summed E-state index contributed by atoms with van der Waals surface area (Å²) < 4.78 is 0. The van der Waals surface area contributed by atoms with E-state index >= 15 is 0 Å². The van der Waals surface area contributed by atoms with Crippen molar-refractivity contribution in [3.05, 3.63) is 0 Å². The van der Waals surface area contributed by atoms with Crippen LogP contribution in [0.2, 0.25) is 0 Å². The summed E-state index contributed by atoms with van der Waals surface area (Å²) in [6, 6.07) is 0.0348. The van der Waals surface area contributed by atoms with Crippen molar-refractivity contribution < 1.29 is 4.79 Å². The minimum Gasteiger partial charge on any atom is -0.324 e. The Hall–Kier alpha value is -0.610. The highest BCUT2D eigenvalue weighted by Gasteiger charge is 2.44. The second kappa shape index (κ2) is 7.59. The van der Waals surface area contributed by atoms with E-state index in [9.17, 15) is 4.79 Å². The smallest absolute Gasteiger partial charge is 0.241 e. The molecule has 1 aliphatic carbocycles. The molecule has 2 fully saturated rings. The van der Waals surface area contributed by atoms with Crippen molar-refractivity contribution in [1.82, 2.24) is 15.1 Å². The minimum atomic E-state index is 0.0348. The molecule has 3 atom stereocenters. The van der Waals surface area contributed by atoms with Crippen molar-refractivity contribution in [2.45, 2.75) is 65.1 Å². The number of carbonyl (C=O) groups excluding carboxylic acids is 1. The second-order valence-electron chi connectivity index (χ2n) is 6.95. The van der Waals surface area contributed by atoms with E-state index in [4.69, 9.17) is 0 Å². The number of amides is 1. The number of rotatable bonds is 7. The first-order valence-electron chi connectivity index (χ1n) is 8.83. The average Bonchev–Trinajstić information content (AvgIpc) is 3.12. The largest absolute Gasteiger partial charge is 0.324 e. The van der Waals surface area contributed by atoms with Gasteiger partial charge in [-0.05, 0) is 38.3 Å². The van der Waals surface area contributed by atoms with Gasteiger partial charge in [0.25, 0.3) is 0 Å². The van der Waals surface area contributed by atoms with Gasteiger partial charge >= 0.3 is 0 Å². The molecule has 0 radical (unpaired) electrons. The third-order valence-corrected chi connectivity index (χ3v) is 5.56. The van der Waals surface area contributed by atoms with Crippen LogP contribution in [0.4, 0.5) is 0 Å². The van der Waals surface area contributed by atoms with Gasteiger partial charge < -0.3 is 9.80 Å². The Morgan fingerprint density at radius 3 is 2.57 bits per heavy atom. The molecular formula is C17H33N3O. The van der Waals surface area contributed by atoms with Crippen LogP contribution in [0, 0.1) is 11.8 Å². The Labute approximate surface area is 130 Å². The molecule has 0 aromatic carbocycles. The van der Waals surface area contributed by atoms with Gasteiger partial charge in [0.05, 0.1) is 12.2 Å². The number of nitrogens with one attached hydrogen (secondary N) is 1. The standard InChI is InChI=1S/C17H33N3O/c1-5-13(3)15-17(21)20(12-11-19(4)6-2)16(18-15)14-9-7-8-10-14/h13-16,18H,5-12H2,1-4H3. The van der Waals surface area contributed by atoms with Gasteiger partial charge in [0.2, 0.25) is 5.91 Å². The Kier molecular flexibility index (Phi) is 6.06. The molecule has 1 N–H and O–H groups in total. The maximum atomic E-state index is 12.8. The zero-order chi connectivity index (χ0) is 15.4. The zero-order valence-electron chi connectivity index (χ0n) is 14.3. The molecule has 4 nitrogen and oxygen atoms in total. The Morgan fingerprint density at radius 2 is 2.00 bits per heavy atom. The van der Waals surface area contributed by atoms with Gasteiger partial charge in [0.15, 0.2) is 0 Å². The van der Waals surface area contributed by atoms with Gasteiger partial charge in [-0.25, -0.2) is 0 Å². The molecule has 3 unspecified atom stereocenters. The van der Waals surface area contributed by atoms with Crippen LogP contribution in [0.25, 0.3) is 0 Å². The van der Waals surface area contributed by atoms with Crippen molar-refractivity contribution in [2.24, 2.45) is 11.8 Å². The lowest BCUT2D eigenvalue weighted by Crippen LogP contribution is -2.45. The summed E-state index contributed by atoms with van der Waals surface area (Å²) in [7, 11) is 2.13. The minimum absolute atomic E-state index is 0.0348. The SMILES string of the molecule is CCC(C)C1NC(C2CCCC2)N(CCN(C)CC)C1=O. The number of hydrogen-bond acceptors (Lipinski definition) is 3. The highest BCUT2D eigenvalue weighted by molar-refractivity contribution is 5.84. The molecule has 2 aliphatic rings. The fourth-order valence-corrected chi connectivity index (χ4v) is 3.65. The second-order valence-corrected chi connectivity index (χ2v) is 6.95. The molecule has 122 valence electrons. The number of nitrogens with zero attached hydrogens (tertiary/aromatic N) is 2. The van der Waals surface area contributed by atoms with Crippen molar-refractivity contribution in [2.75, 3.05) is 26.7 Å². The van der Waals surface area contributed by atoms with Crippen LogP contribution in [-0.4, -0.2) is 54.6 Å². The zero-order valence-corrected chi connectivity index (χ0v) is 14.3. The van der Waals surface area contributed by atoms with Crippen LogP contribution in [0.1, 0.15) is 52.9 Å². The van der Waals surface area contributed by atoms with Gasteiger partial charge in [0.1, 0.15) is 0 Å². The lowest BCUT2D eigenvalue weighted by atomic mass is 9.99. The van der Waals surface area contributed by atoms with Gasteiger partial charge in [-0.2, -0.15) is 0 Å². The van der Waals surface area contributed by atoms with E-state index in [-0.39, 0.29) is 12.2 Å². The van der Waals surface area contributed by atoms with Crippen molar-refractivity contribution in [1.29, 1.82) is 0 Å². The van der Waals surface area contributed by atoms with E-state index in [0.29, 0.717) is 17.7 Å². The first kappa shape index (κ1) is 16.8. The first-order valence-corrected chi connectivity index (χ1v) is 8.83. The molecular weight excluding hydrogens is 262 g/mol. The molecule has 1 saturated heterocycles. The topological polar surface area (TPSA) is 35.6 Å². The third kappa shape index (κ3) is 3.78. The molecule has 1 saturated carbocycles. The van der Waals surface area contributed by atoms with E-state index in [1.807, 2.05) is 0 Å². The normalized spacial score (nSPS) is 28.8. The van der Waals surface area contributed by atoms with Crippen LogP contribution in [0.3, 0.4) is 0 Å². The molecule has 1 aliphatic heterocycles. The number of hydrogen-bond donors (Lipinski definition) is 1. The predicted octanol–water partition coefficient (Wildman–Crippen LogP) is 2.30. The summed E-state index contributed by atoms with van der Waals surface area (Å²) in [5, 5.41) is 3.68. The fraction of sp³-hybridized carbons (Fsp3) is 0.941. The summed E-state index contributed by atoms with van der Waals surface area (Å²) in [5.41, 5.74) is 0. The lowest BCUT2D eigenvalue weighted by Gasteiger charge is -2.30. The highest BCUT2D eigenvalue weighted by Crippen LogP contribution is 2.33. The number of likely N-dealkylation sites (N-methyl/N-ethyl adjacent to an activating group) is 1. The van der Waals surface area contributed by atoms with E-state index in [2.05, 4.69) is 42.9 Å². The van der Waals surface area contributed by atoms with Crippen LogP contribution in [0.5, 0.6) is 0 Å². The van der Waals surface area contributed by atoms with Gasteiger partial charge in [0, 0.05) is 13.1 Å². The Bertz CT molecular complexity index is 341. The van der Waals surface area contributed by atoms with E-state index in [1.165, 1.54) is 25.7 Å². The van der Waals surface area contributed by atoms with Crippen LogP contribution in [-0.2, 0) is 4.79 Å². The summed E-state index contributed by atoms with van der Waals surface area (Å²) in [5.74, 6) is 1.43. The quantitative estimate of drug-likeness (QED) is 0.783. The van der Waals surface area contributed by atoms with Crippen LogP contribution < -0.4 is 5.32 Å². The van der Waals surface area contributed by atoms with Crippen molar-refractivity contribution in [3.63, 3.8) is 0 Å². The van der Waals surface area contributed by atoms with Gasteiger partial charge in [-0.15, -0.1) is 0 Å². The Morgan fingerprint density at radius 1 is 1.33 bits per heavy atom. The van der Waals surface area contributed by atoms with Crippen LogP contribution >= 0.6 is 0 Å². The van der Waals surface area contributed by atoms with E-state index in [0.717, 1.165) is 26.1 Å². The third-order valence-electron chi connectivity index (χ3n) is 5.56. The van der Waals surface area contributed by atoms with Gasteiger partial charge in [-0.3, -0.25) is 10.1 Å². The maximum Gasteiger partial charge on any atom is 0.241 e. The summed E-state index contributed by atoms with van der Waals surface area (Å²) in [4.78, 5) is 17.3.